The van der Waals surface area contributed by atoms with Gasteiger partial charge in [0.15, 0.2) is 0 Å². The lowest BCUT2D eigenvalue weighted by Crippen LogP contribution is -2.38. The van der Waals surface area contributed by atoms with E-state index in [9.17, 15) is 0 Å². The molecule has 0 N–H and O–H groups in total. The Labute approximate surface area is 195 Å². The topological polar surface area (TPSA) is 49.3 Å². The molecule has 4 rings (SSSR count). The number of nitrogens with zero attached hydrogens (tertiary/aromatic N) is 1. The Morgan fingerprint density at radius 2 is 1.18 bits per heavy atom. The van der Waals surface area contributed by atoms with Crippen LogP contribution >= 0.6 is 0 Å². The fraction of sp³-hybridized carbons (Fsp3) is 0.321. The molecule has 1 aliphatic rings. The number of rotatable bonds is 7. The average Bonchev–Trinajstić information content (AvgIpc) is 2.87. The van der Waals surface area contributed by atoms with E-state index in [2.05, 4.69) is 43.3 Å². The van der Waals surface area contributed by atoms with Gasteiger partial charge in [0.2, 0.25) is 0 Å². The summed E-state index contributed by atoms with van der Waals surface area (Å²) in [4.78, 5) is 5.83. The van der Waals surface area contributed by atoms with Crippen molar-refractivity contribution in [3.63, 3.8) is 0 Å². The molecule has 0 amide bonds. The molecule has 0 saturated carbocycles. The van der Waals surface area contributed by atoms with E-state index in [0.717, 1.165) is 33.9 Å². The predicted octanol–water partition coefficient (Wildman–Crippen LogP) is 6.36. The van der Waals surface area contributed by atoms with Crippen LogP contribution in [0, 0.1) is 11.8 Å². The lowest BCUT2D eigenvalue weighted by atomic mass is 9.79. The number of oxime groups is 1. The van der Waals surface area contributed by atoms with Crippen molar-refractivity contribution in [2.75, 3.05) is 14.2 Å². The van der Waals surface area contributed by atoms with Gasteiger partial charge in [0, 0.05) is 11.8 Å². The first-order chi connectivity index (χ1) is 16.1. The second-order valence-electron chi connectivity index (χ2n) is 8.38. The molecule has 172 valence electrons. The maximum atomic E-state index is 6.71. The summed E-state index contributed by atoms with van der Waals surface area (Å²) in [5, 5.41) is 4.65. The molecule has 0 aliphatic carbocycles. The number of benzene rings is 3. The van der Waals surface area contributed by atoms with Crippen molar-refractivity contribution in [2.24, 2.45) is 17.0 Å². The van der Waals surface area contributed by atoms with Gasteiger partial charge in [0.05, 0.1) is 32.1 Å². The number of hydrogen-bond acceptors (Lipinski definition) is 5. The Hall–Kier alpha value is -3.31. The van der Waals surface area contributed by atoms with Crippen molar-refractivity contribution >= 4 is 5.71 Å². The molecule has 0 spiro atoms. The number of methoxy groups -OCH3 is 2. The largest absolute Gasteiger partial charge is 0.497 e. The minimum Gasteiger partial charge on any atom is -0.497 e. The summed E-state index contributed by atoms with van der Waals surface area (Å²) < 4.78 is 17.4. The van der Waals surface area contributed by atoms with Gasteiger partial charge in [-0.3, -0.25) is 0 Å². The van der Waals surface area contributed by atoms with Crippen LogP contribution in [0.5, 0.6) is 11.5 Å². The summed E-state index contributed by atoms with van der Waals surface area (Å²) >= 11 is 0. The first-order valence-electron chi connectivity index (χ1n) is 11.3. The Kier molecular flexibility index (Phi) is 7.30. The third-order valence-corrected chi connectivity index (χ3v) is 6.27. The van der Waals surface area contributed by atoms with Crippen LogP contribution in [0.3, 0.4) is 0 Å². The lowest BCUT2D eigenvalue weighted by Gasteiger charge is -2.40. The van der Waals surface area contributed by atoms with Crippen molar-refractivity contribution in [3.8, 4) is 11.5 Å². The fourth-order valence-corrected chi connectivity index (χ4v) is 4.36. The van der Waals surface area contributed by atoms with E-state index in [4.69, 9.17) is 19.0 Å². The molecule has 4 unspecified atom stereocenters. The monoisotopic (exact) mass is 445 g/mol. The molecule has 0 bridgehead atoms. The summed E-state index contributed by atoms with van der Waals surface area (Å²) in [6, 6.07) is 26.2. The van der Waals surface area contributed by atoms with E-state index >= 15 is 0 Å². The quantitative estimate of drug-likeness (QED) is 0.397. The van der Waals surface area contributed by atoms with E-state index in [1.54, 1.807) is 14.2 Å². The van der Waals surface area contributed by atoms with Crippen LogP contribution in [0.2, 0.25) is 0 Å². The van der Waals surface area contributed by atoms with E-state index in [1.807, 2.05) is 54.6 Å². The molecule has 1 saturated heterocycles. The van der Waals surface area contributed by atoms with Crippen molar-refractivity contribution in [3.05, 3.63) is 95.6 Å². The van der Waals surface area contributed by atoms with Gasteiger partial charge in [-0.05, 0) is 41.0 Å². The molecule has 3 aromatic carbocycles. The van der Waals surface area contributed by atoms with Crippen molar-refractivity contribution in [1.29, 1.82) is 0 Å². The van der Waals surface area contributed by atoms with Gasteiger partial charge in [0.1, 0.15) is 18.1 Å². The fourth-order valence-electron chi connectivity index (χ4n) is 4.36. The van der Waals surface area contributed by atoms with E-state index in [0.29, 0.717) is 6.61 Å². The standard InChI is InChI=1S/C28H31NO4/c1-19-26(29-32-18-21-8-6-5-7-9-21)20(2)28(23-12-16-25(31-4)17-13-23)33-27(19)22-10-14-24(30-3)15-11-22/h5-17,19-20,27-28H,18H2,1-4H3. The second-order valence-corrected chi connectivity index (χ2v) is 8.38. The maximum Gasteiger partial charge on any atom is 0.142 e. The minimum absolute atomic E-state index is 0.0543. The number of ether oxygens (including phenoxy) is 3. The van der Waals surface area contributed by atoms with Gasteiger partial charge in [0.25, 0.3) is 0 Å². The smallest absolute Gasteiger partial charge is 0.142 e. The highest BCUT2D eigenvalue weighted by molar-refractivity contribution is 5.90. The molecular formula is C28H31NO4. The predicted molar refractivity (Wildman–Crippen MR) is 130 cm³/mol. The first kappa shape index (κ1) is 22.9. The molecule has 4 atom stereocenters. The van der Waals surface area contributed by atoms with Crippen LogP contribution in [0.1, 0.15) is 42.7 Å². The number of hydrogen-bond donors (Lipinski definition) is 0. The molecule has 5 heteroatoms. The van der Waals surface area contributed by atoms with Crippen molar-refractivity contribution in [1.82, 2.24) is 0 Å². The summed E-state index contributed by atoms with van der Waals surface area (Å²) in [7, 11) is 3.34. The molecule has 0 aromatic heterocycles. The molecule has 5 nitrogen and oxygen atoms in total. The summed E-state index contributed by atoms with van der Waals surface area (Å²) in [5.41, 5.74) is 4.26. The molecule has 1 fully saturated rings. The molecular weight excluding hydrogens is 414 g/mol. The highest BCUT2D eigenvalue weighted by Gasteiger charge is 2.40. The van der Waals surface area contributed by atoms with E-state index in [-0.39, 0.29) is 24.0 Å². The van der Waals surface area contributed by atoms with E-state index < -0.39 is 0 Å². The van der Waals surface area contributed by atoms with Gasteiger partial charge in [-0.15, -0.1) is 0 Å². The molecule has 1 aliphatic heterocycles. The molecule has 33 heavy (non-hydrogen) atoms. The zero-order valence-electron chi connectivity index (χ0n) is 19.6. The van der Waals surface area contributed by atoms with Crippen LogP contribution in [-0.2, 0) is 16.2 Å². The first-order valence-corrected chi connectivity index (χ1v) is 11.3. The van der Waals surface area contributed by atoms with Gasteiger partial charge < -0.3 is 19.0 Å². The van der Waals surface area contributed by atoms with Crippen LogP contribution < -0.4 is 9.47 Å². The Morgan fingerprint density at radius 3 is 1.64 bits per heavy atom. The van der Waals surface area contributed by atoms with Crippen LogP contribution in [0.25, 0.3) is 0 Å². The summed E-state index contributed by atoms with van der Waals surface area (Å²) in [6.07, 6.45) is -0.309. The lowest BCUT2D eigenvalue weighted by molar-refractivity contribution is -0.0660. The zero-order valence-corrected chi connectivity index (χ0v) is 19.6. The third-order valence-electron chi connectivity index (χ3n) is 6.27. The highest BCUT2D eigenvalue weighted by Crippen LogP contribution is 2.44. The highest BCUT2D eigenvalue weighted by atomic mass is 16.6. The average molecular weight is 446 g/mol. The van der Waals surface area contributed by atoms with Gasteiger partial charge in [-0.25, -0.2) is 0 Å². The van der Waals surface area contributed by atoms with Gasteiger partial charge in [-0.1, -0.05) is 73.6 Å². The van der Waals surface area contributed by atoms with Crippen LogP contribution in [0.4, 0.5) is 0 Å². The van der Waals surface area contributed by atoms with Gasteiger partial charge in [-0.2, -0.15) is 0 Å². The summed E-state index contributed by atoms with van der Waals surface area (Å²) in [5.74, 6) is 1.75. The molecule has 0 radical (unpaired) electrons. The van der Waals surface area contributed by atoms with Crippen LogP contribution in [0.15, 0.2) is 84.0 Å². The van der Waals surface area contributed by atoms with E-state index in [1.165, 1.54) is 0 Å². The zero-order chi connectivity index (χ0) is 23.2. The summed E-state index contributed by atoms with van der Waals surface area (Å²) in [6.45, 7) is 4.74. The molecule has 1 heterocycles. The normalized spacial score (nSPS) is 22.5. The second kappa shape index (κ2) is 10.5. The molecule has 3 aromatic rings. The Bertz CT molecular complexity index is 986. The van der Waals surface area contributed by atoms with Crippen molar-refractivity contribution < 1.29 is 19.0 Å². The SMILES string of the molecule is COc1ccc(C2OC(c3ccc(OC)cc3)C(C)C(=NOCc3ccccc3)C2C)cc1. The maximum absolute atomic E-state index is 6.71. The minimum atomic E-state index is -0.154. The van der Waals surface area contributed by atoms with Crippen LogP contribution in [-0.4, -0.2) is 19.9 Å². The van der Waals surface area contributed by atoms with Crippen molar-refractivity contribution in [2.45, 2.75) is 32.7 Å². The Morgan fingerprint density at radius 1 is 0.697 bits per heavy atom. The van der Waals surface area contributed by atoms with Gasteiger partial charge >= 0.3 is 0 Å². The third kappa shape index (κ3) is 5.20. The Balaban J connectivity index is 1.64.